The van der Waals surface area contributed by atoms with E-state index in [2.05, 4.69) is 9.97 Å². The Bertz CT molecular complexity index is 756. The molecule has 1 aromatic carbocycles. The molecule has 0 saturated carbocycles. The van der Waals surface area contributed by atoms with E-state index >= 15 is 0 Å². The molecule has 0 radical (unpaired) electrons. The minimum absolute atomic E-state index is 0.551. The zero-order chi connectivity index (χ0) is 13.9. The Balaban J connectivity index is 2.04. The second-order valence-corrected chi connectivity index (χ2v) is 4.59. The topological polar surface area (TPSA) is 61.0 Å². The van der Waals surface area contributed by atoms with Gasteiger partial charge < -0.3 is 10.5 Å². The zero-order valence-electron chi connectivity index (χ0n) is 11.2. The quantitative estimate of drug-likeness (QED) is 0.791. The lowest BCUT2D eigenvalue weighted by molar-refractivity contribution is 0.410. The van der Waals surface area contributed by atoms with Gasteiger partial charge in [-0.15, -0.1) is 0 Å². The molecule has 3 aromatic rings. The summed E-state index contributed by atoms with van der Waals surface area (Å²) in [6.45, 7) is 0. The summed E-state index contributed by atoms with van der Waals surface area (Å²) in [5.41, 5.74) is 8.99. The number of ether oxygens (including phenoxy) is 1. The Morgan fingerprint density at radius 3 is 2.85 bits per heavy atom. The minimum Gasteiger partial charge on any atom is -0.496 e. The van der Waals surface area contributed by atoms with E-state index in [0.29, 0.717) is 12.2 Å². The molecule has 20 heavy (non-hydrogen) atoms. The van der Waals surface area contributed by atoms with Gasteiger partial charge in [0.1, 0.15) is 11.6 Å². The molecule has 0 aliphatic rings. The number of nitrogens with zero attached hydrogens (tertiary/aromatic N) is 2. The highest BCUT2D eigenvalue weighted by Gasteiger charge is 2.08. The Morgan fingerprint density at radius 1 is 1.15 bits per heavy atom. The highest BCUT2D eigenvalue weighted by Crippen LogP contribution is 2.25. The number of para-hydroxylation sites is 1. The van der Waals surface area contributed by atoms with Gasteiger partial charge in [0.25, 0.3) is 0 Å². The molecule has 2 heterocycles. The van der Waals surface area contributed by atoms with Gasteiger partial charge in [-0.2, -0.15) is 0 Å². The summed E-state index contributed by atoms with van der Waals surface area (Å²) in [4.78, 5) is 8.54. The van der Waals surface area contributed by atoms with E-state index in [-0.39, 0.29) is 0 Å². The smallest absolute Gasteiger partial charge is 0.127 e. The van der Waals surface area contributed by atoms with E-state index in [1.54, 1.807) is 19.5 Å². The standard InChI is InChI=1S/C16H15N3O/c1-20-15-5-3-2-4-11(15)8-12-9-13-10-18-7-6-14(13)19-16(12)17/h2-7,9-10H,8H2,1H3,(H2,17,19). The summed E-state index contributed by atoms with van der Waals surface area (Å²) in [5.74, 6) is 1.41. The largest absolute Gasteiger partial charge is 0.496 e. The van der Waals surface area contributed by atoms with Crippen molar-refractivity contribution in [3.63, 3.8) is 0 Å². The van der Waals surface area contributed by atoms with E-state index in [1.807, 2.05) is 36.4 Å². The zero-order valence-corrected chi connectivity index (χ0v) is 11.2. The van der Waals surface area contributed by atoms with Crippen LogP contribution in [0.1, 0.15) is 11.1 Å². The molecule has 100 valence electrons. The van der Waals surface area contributed by atoms with Crippen molar-refractivity contribution in [1.82, 2.24) is 9.97 Å². The van der Waals surface area contributed by atoms with Gasteiger partial charge >= 0.3 is 0 Å². The molecule has 0 spiro atoms. The highest BCUT2D eigenvalue weighted by molar-refractivity contribution is 5.80. The number of pyridine rings is 2. The van der Waals surface area contributed by atoms with Gasteiger partial charge in [-0.05, 0) is 29.3 Å². The maximum Gasteiger partial charge on any atom is 0.127 e. The number of nitrogens with two attached hydrogens (primary N) is 1. The summed E-state index contributed by atoms with van der Waals surface area (Å²) in [7, 11) is 1.67. The van der Waals surface area contributed by atoms with Crippen molar-refractivity contribution >= 4 is 16.7 Å². The lowest BCUT2D eigenvalue weighted by Crippen LogP contribution is -2.01. The van der Waals surface area contributed by atoms with Gasteiger partial charge in [-0.1, -0.05) is 18.2 Å². The first-order chi connectivity index (χ1) is 9.78. The van der Waals surface area contributed by atoms with Crippen LogP contribution in [0.2, 0.25) is 0 Å². The van der Waals surface area contributed by atoms with Gasteiger partial charge in [-0.3, -0.25) is 4.98 Å². The predicted octanol–water partition coefficient (Wildman–Crippen LogP) is 2.81. The fraction of sp³-hybridized carbons (Fsp3) is 0.125. The van der Waals surface area contributed by atoms with Crippen molar-refractivity contribution in [3.05, 3.63) is 59.9 Å². The molecule has 2 aromatic heterocycles. The van der Waals surface area contributed by atoms with Gasteiger partial charge in [0.05, 0.1) is 12.6 Å². The molecule has 4 heteroatoms. The number of fused-ring (bicyclic) bond motifs is 1. The first-order valence-corrected chi connectivity index (χ1v) is 6.39. The fourth-order valence-corrected chi connectivity index (χ4v) is 2.27. The van der Waals surface area contributed by atoms with Crippen LogP contribution in [0.5, 0.6) is 5.75 Å². The van der Waals surface area contributed by atoms with Crippen LogP contribution in [0.25, 0.3) is 10.9 Å². The number of anilines is 1. The summed E-state index contributed by atoms with van der Waals surface area (Å²) >= 11 is 0. The number of rotatable bonds is 3. The molecule has 2 N–H and O–H groups in total. The van der Waals surface area contributed by atoms with E-state index in [1.165, 1.54) is 0 Å². The van der Waals surface area contributed by atoms with Gasteiger partial charge in [-0.25, -0.2) is 4.98 Å². The van der Waals surface area contributed by atoms with Crippen LogP contribution in [-0.4, -0.2) is 17.1 Å². The van der Waals surface area contributed by atoms with Crippen LogP contribution in [-0.2, 0) is 6.42 Å². The number of nitrogen functional groups attached to an aromatic ring is 1. The lowest BCUT2D eigenvalue weighted by atomic mass is 10.0. The number of aromatic nitrogens is 2. The average molecular weight is 265 g/mol. The van der Waals surface area contributed by atoms with Crippen LogP contribution in [0.15, 0.2) is 48.8 Å². The Kier molecular flexibility index (Phi) is 3.21. The minimum atomic E-state index is 0.551. The average Bonchev–Trinajstić information content (AvgIpc) is 2.48. The molecule has 0 fully saturated rings. The number of hydrogen-bond donors (Lipinski definition) is 1. The second-order valence-electron chi connectivity index (χ2n) is 4.59. The van der Waals surface area contributed by atoms with Crippen LogP contribution in [0.4, 0.5) is 5.82 Å². The van der Waals surface area contributed by atoms with Crippen LogP contribution < -0.4 is 10.5 Å². The third-order valence-electron chi connectivity index (χ3n) is 3.30. The number of methoxy groups -OCH3 is 1. The van der Waals surface area contributed by atoms with E-state index < -0.39 is 0 Å². The van der Waals surface area contributed by atoms with Crippen molar-refractivity contribution < 1.29 is 4.74 Å². The normalized spacial score (nSPS) is 10.7. The number of hydrogen-bond acceptors (Lipinski definition) is 4. The first-order valence-electron chi connectivity index (χ1n) is 6.39. The SMILES string of the molecule is COc1ccccc1Cc1cc2cnccc2nc1N. The molecule has 0 saturated heterocycles. The van der Waals surface area contributed by atoms with Gasteiger partial charge in [0, 0.05) is 24.2 Å². The summed E-state index contributed by atoms with van der Waals surface area (Å²) in [5, 5.41) is 0.992. The Hall–Kier alpha value is -2.62. The predicted molar refractivity (Wildman–Crippen MR) is 79.8 cm³/mol. The second kappa shape index (κ2) is 5.17. The third kappa shape index (κ3) is 2.28. The molecular weight excluding hydrogens is 250 g/mol. The monoisotopic (exact) mass is 265 g/mol. The Morgan fingerprint density at radius 2 is 2.00 bits per heavy atom. The molecule has 4 nitrogen and oxygen atoms in total. The Labute approximate surface area is 117 Å². The molecule has 0 bridgehead atoms. The van der Waals surface area contributed by atoms with Crippen molar-refractivity contribution in [2.45, 2.75) is 6.42 Å². The maximum atomic E-state index is 6.05. The summed E-state index contributed by atoms with van der Waals surface area (Å²) in [6, 6.07) is 11.8. The third-order valence-corrected chi connectivity index (χ3v) is 3.30. The van der Waals surface area contributed by atoms with Gasteiger partial charge in [0.15, 0.2) is 0 Å². The molecule has 0 unspecified atom stereocenters. The summed E-state index contributed by atoms with van der Waals surface area (Å²) in [6.07, 6.45) is 4.20. The molecule has 0 atom stereocenters. The van der Waals surface area contributed by atoms with Crippen molar-refractivity contribution in [2.24, 2.45) is 0 Å². The molecular formula is C16H15N3O. The van der Waals surface area contributed by atoms with Crippen LogP contribution in [0.3, 0.4) is 0 Å². The van der Waals surface area contributed by atoms with Gasteiger partial charge in [0.2, 0.25) is 0 Å². The van der Waals surface area contributed by atoms with Crippen LogP contribution in [0, 0.1) is 0 Å². The fourth-order valence-electron chi connectivity index (χ4n) is 2.27. The first kappa shape index (κ1) is 12.4. The van der Waals surface area contributed by atoms with E-state index in [9.17, 15) is 0 Å². The molecule has 3 rings (SSSR count). The van der Waals surface area contributed by atoms with E-state index in [4.69, 9.17) is 10.5 Å². The number of benzene rings is 1. The molecule has 0 aliphatic carbocycles. The van der Waals surface area contributed by atoms with Crippen LogP contribution >= 0.6 is 0 Å². The molecule has 0 aliphatic heterocycles. The lowest BCUT2D eigenvalue weighted by Gasteiger charge is -2.10. The van der Waals surface area contributed by atoms with E-state index in [0.717, 1.165) is 27.8 Å². The van der Waals surface area contributed by atoms with Crippen molar-refractivity contribution in [3.8, 4) is 5.75 Å². The molecule has 0 amide bonds. The van der Waals surface area contributed by atoms with Crippen molar-refractivity contribution in [2.75, 3.05) is 12.8 Å². The van der Waals surface area contributed by atoms with Crippen molar-refractivity contribution in [1.29, 1.82) is 0 Å². The highest BCUT2D eigenvalue weighted by atomic mass is 16.5. The maximum absolute atomic E-state index is 6.05. The summed E-state index contributed by atoms with van der Waals surface area (Å²) < 4.78 is 5.37.